The fourth-order valence-corrected chi connectivity index (χ4v) is 3.78. The predicted octanol–water partition coefficient (Wildman–Crippen LogP) is 2.50. The van der Waals surface area contributed by atoms with Crippen molar-refractivity contribution >= 4 is 15.9 Å². The molecule has 0 fully saturated rings. The molecule has 1 N–H and O–H groups in total. The summed E-state index contributed by atoms with van der Waals surface area (Å²) in [5, 5.41) is 10.5. The second-order valence-electron chi connectivity index (χ2n) is 7.03. The lowest BCUT2D eigenvalue weighted by Gasteiger charge is -2.15. The smallest absolute Gasteiger partial charge is 0.309 e. The molecule has 1 aromatic heterocycles. The summed E-state index contributed by atoms with van der Waals surface area (Å²) in [5.41, 5.74) is 1.29. The fourth-order valence-electron chi connectivity index (χ4n) is 2.88. The van der Waals surface area contributed by atoms with Gasteiger partial charge in [-0.25, -0.2) is 12.7 Å². The molecule has 32 heavy (non-hydrogen) atoms. The normalized spacial score (nSPS) is 12.4. The Hall–Kier alpha value is -3.44. The second-order valence-corrected chi connectivity index (χ2v) is 9.19. The van der Waals surface area contributed by atoms with Crippen LogP contribution in [-0.2, 0) is 10.0 Å². The molecule has 2 aromatic carbocycles. The van der Waals surface area contributed by atoms with Gasteiger partial charge in [0.2, 0.25) is 15.9 Å². The van der Waals surface area contributed by atoms with E-state index in [-0.39, 0.29) is 22.7 Å². The minimum atomic E-state index is -3.55. The van der Waals surface area contributed by atoms with Crippen molar-refractivity contribution in [2.75, 3.05) is 28.3 Å². The Kier molecular flexibility index (Phi) is 6.80. The van der Waals surface area contributed by atoms with Gasteiger partial charge in [0.05, 0.1) is 25.2 Å². The standard InChI is InChI=1S/C21H24N4O6S/c1-13(15-8-11-17(29-4)18(12-15)30-5)22-19(26)21-24-23-20(31-21)14-6-9-16(10-7-14)32(27,28)25(2)3/h6-13H,1-5H3,(H,22,26). The first-order valence-corrected chi connectivity index (χ1v) is 11.0. The molecule has 1 unspecified atom stereocenters. The first-order chi connectivity index (χ1) is 15.2. The molecule has 1 amide bonds. The highest BCUT2D eigenvalue weighted by Gasteiger charge is 2.21. The van der Waals surface area contributed by atoms with Crippen molar-refractivity contribution in [3.63, 3.8) is 0 Å². The summed E-state index contributed by atoms with van der Waals surface area (Å²) in [6.07, 6.45) is 0. The van der Waals surface area contributed by atoms with Crippen LogP contribution in [0.15, 0.2) is 51.8 Å². The Balaban J connectivity index is 1.73. The average Bonchev–Trinajstić information content (AvgIpc) is 3.29. The number of hydrogen-bond acceptors (Lipinski definition) is 8. The third-order valence-electron chi connectivity index (χ3n) is 4.75. The van der Waals surface area contributed by atoms with Gasteiger partial charge >= 0.3 is 11.8 Å². The molecule has 0 saturated carbocycles. The molecule has 1 heterocycles. The molecule has 1 atom stereocenters. The van der Waals surface area contributed by atoms with Crippen LogP contribution in [0.4, 0.5) is 0 Å². The quantitative estimate of drug-likeness (QED) is 0.544. The molecule has 3 rings (SSSR count). The van der Waals surface area contributed by atoms with E-state index in [2.05, 4.69) is 15.5 Å². The highest BCUT2D eigenvalue weighted by atomic mass is 32.2. The lowest BCUT2D eigenvalue weighted by atomic mass is 10.1. The highest BCUT2D eigenvalue weighted by molar-refractivity contribution is 7.89. The van der Waals surface area contributed by atoms with E-state index in [4.69, 9.17) is 13.9 Å². The van der Waals surface area contributed by atoms with Crippen LogP contribution in [0.5, 0.6) is 11.5 Å². The molecule has 10 nitrogen and oxygen atoms in total. The van der Waals surface area contributed by atoms with E-state index in [9.17, 15) is 13.2 Å². The molecule has 0 saturated heterocycles. The van der Waals surface area contributed by atoms with Crippen molar-refractivity contribution in [3.05, 3.63) is 53.9 Å². The van der Waals surface area contributed by atoms with Gasteiger partial charge in [-0.3, -0.25) is 4.79 Å². The van der Waals surface area contributed by atoms with Gasteiger partial charge in [-0.05, 0) is 48.9 Å². The molecular weight excluding hydrogens is 436 g/mol. The number of carbonyl (C=O) groups excluding carboxylic acids is 1. The van der Waals surface area contributed by atoms with Gasteiger partial charge in [-0.2, -0.15) is 0 Å². The Morgan fingerprint density at radius 3 is 2.28 bits per heavy atom. The largest absolute Gasteiger partial charge is 0.493 e. The molecule has 0 aliphatic carbocycles. The molecule has 11 heteroatoms. The van der Waals surface area contributed by atoms with Gasteiger partial charge in [-0.15, -0.1) is 10.2 Å². The Bertz CT molecular complexity index is 1210. The predicted molar refractivity (Wildman–Crippen MR) is 116 cm³/mol. The summed E-state index contributed by atoms with van der Waals surface area (Å²) in [7, 11) is 2.44. The van der Waals surface area contributed by atoms with E-state index in [1.165, 1.54) is 45.5 Å². The average molecular weight is 461 g/mol. The molecule has 0 spiro atoms. The van der Waals surface area contributed by atoms with Crippen LogP contribution < -0.4 is 14.8 Å². The molecule has 170 valence electrons. The van der Waals surface area contributed by atoms with Gasteiger partial charge in [0, 0.05) is 19.7 Å². The van der Waals surface area contributed by atoms with Gasteiger partial charge in [0.25, 0.3) is 0 Å². The summed E-state index contributed by atoms with van der Waals surface area (Å²) < 4.78 is 41.5. The number of sulfonamides is 1. The topological polar surface area (TPSA) is 124 Å². The molecule has 3 aromatic rings. The Labute approximate surface area is 186 Å². The van der Waals surface area contributed by atoms with E-state index < -0.39 is 15.9 Å². The number of hydrogen-bond donors (Lipinski definition) is 1. The van der Waals surface area contributed by atoms with E-state index in [1.54, 1.807) is 26.2 Å². The summed E-state index contributed by atoms with van der Waals surface area (Å²) >= 11 is 0. The molecule has 0 radical (unpaired) electrons. The van der Waals surface area contributed by atoms with Crippen molar-refractivity contribution in [1.29, 1.82) is 0 Å². The maximum atomic E-state index is 12.6. The van der Waals surface area contributed by atoms with Gasteiger partial charge < -0.3 is 19.2 Å². The van der Waals surface area contributed by atoms with Crippen LogP contribution in [-0.4, -0.2) is 57.1 Å². The maximum absolute atomic E-state index is 12.6. The molecule has 0 aliphatic rings. The summed E-state index contributed by atoms with van der Waals surface area (Å²) in [4.78, 5) is 12.7. The van der Waals surface area contributed by atoms with Crippen molar-refractivity contribution < 1.29 is 27.1 Å². The number of nitrogens with one attached hydrogen (secondary N) is 1. The number of benzene rings is 2. The van der Waals surface area contributed by atoms with E-state index in [0.29, 0.717) is 17.1 Å². The zero-order chi connectivity index (χ0) is 23.5. The van der Waals surface area contributed by atoms with Crippen LogP contribution >= 0.6 is 0 Å². The Morgan fingerprint density at radius 1 is 1.03 bits per heavy atom. The second kappa shape index (κ2) is 9.37. The van der Waals surface area contributed by atoms with Crippen LogP contribution in [0.3, 0.4) is 0 Å². The minimum absolute atomic E-state index is 0.0997. The summed E-state index contributed by atoms with van der Waals surface area (Å²) in [6, 6.07) is 10.9. The van der Waals surface area contributed by atoms with Crippen molar-refractivity contribution in [1.82, 2.24) is 19.8 Å². The van der Waals surface area contributed by atoms with E-state index in [1.807, 2.05) is 6.07 Å². The third-order valence-corrected chi connectivity index (χ3v) is 6.58. The number of ether oxygens (including phenoxy) is 2. The third kappa shape index (κ3) is 4.73. The minimum Gasteiger partial charge on any atom is -0.493 e. The SMILES string of the molecule is COc1ccc(C(C)NC(=O)c2nnc(-c3ccc(S(=O)(=O)N(C)C)cc3)o2)cc1OC. The van der Waals surface area contributed by atoms with E-state index >= 15 is 0 Å². The molecule has 0 bridgehead atoms. The molecular formula is C21H24N4O6S. The fraction of sp³-hybridized carbons (Fsp3) is 0.286. The van der Waals surface area contributed by atoms with Crippen molar-refractivity contribution in [2.24, 2.45) is 0 Å². The number of methoxy groups -OCH3 is 2. The highest BCUT2D eigenvalue weighted by Crippen LogP contribution is 2.30. The number of rotatable bonds is 8. The zero-order valence-corrected chi connectivity index (χ0v) is 19.1. The lowest BCUT2D eigenvalue weighted by Crippen LogP contribution is -2.27. The summed E-state index contributed by atoms with van der Waals surface area (Å²) in [6.45, 7) is 1.81. The Morgan fingerprint density at radius 2 is 1.69 bits per heavy atom. The maximum Gasteiger partial charge on any atom is 0.309 e. The van der Waals surface area contributed by atoms with Crippen LogP contribution in [0.1, 0.15) is 29.2 Å². The first-order valence-electron chi connectivity index (χ1n) is 9.56. The van der Waals surface area contributed by atoms with Gasteiger partial charge in [-0.1, -0.05) is 6.07 Å². The van der Waals surface area contributed by atoms with Crippen LogP contribution in [0.25, 0.3) is 11.5 Å². The number of carbonyl (C=O) groups is 1. The van der Waals surface area contributed by atoms with Crippen molar-refractivity contribution in [3.8, 4) is 23.0 Å². The number of aromatic nitrogens is 2. The van der Waals surface area contributed by atoms with Gasteiger partial charge in [0.1, 0.15) is 0 Å². The van der Waals surface area contributed by atoms with Crippen LogP contribution in [0.2, 0.25) is 0 Å². The molecule has 0 aliphatic heterocycles. The van der Waals surface area contributed by atoms with E-state index in [0.717, 1.165) is 9.87 Å². The van der Waals surface area contributed by atoms with Gasteiger partial charge in [0.15, 0.2) is 11.5 Å². The first kappa shape index (κ1) is 23.2. The lowest BCUT2D eigenvalue weighted by molar-refractivity contribution is 0.0905. The van der Waals surface area contributed by atoms with Crippen LogP contribution in [0, 0.1) is 0 Å². The number of amides is 1. The monoisotopic (exact) mass is 460 g/mol. The zero-order valence-electron chi connectivity index (χ0n) is 18.3. The summed E-state index contributed by atoms with van der Waals surface area (Å²) in [5.74, 6) is 0.476. The number of nitrogens with zero attached hydrogens (tertiary/aromatic N) is 3. The van der Waals surface area contributed by atoms with Crippen molar-refractivity contribution in [2.45, 2.75) is 17.9 Å².